The average Bonchev–Trinajstić information content (AvgIpc) is 3.29. The van der Waals surface area contributed by atoms with Gasteiger partial charge in [-0.25, -0.2) is 4.79 Å². The van der Waals surface area contributed by atoms with Crippen LogP contribution in [0.3, 0.4) is 0 Å². The number of likely N-dealkylation sites (tertiary alicyclic amines) is 1. The number of ether oxygens (including phenoxy) is 2. The molecule has 0 unspecified atom stereocenters. The molecule has 2 heterocycles. The minimum atomic E-state index is -0.541. The summed E-state index contributed by atoms with van der Waals surface area (Å²) in [5.74, 6) is 0.547. The maximum Gasteiger partial charge on any atom is 0.338 e. The third-order valence-corrected chi connectivity index (χ3v) is 4.42. The number of aromatic nitrogens is 1. The van der Waals surface area contributed by atoms with E-state index in [1.54, 1.807) is 29.2 Å². The van der Waals surface area contributed by atoms with E-state index >= 15 is 0 Å². The topological polar surface area (TPSA) is 81.9 Å². The van der Waals surface area contributed by atoms with Crippen molar-refractivity contribution in [2.45, 2.75) is 33.3 Å². The lowest BCUT2D eigenvalue weighted by Gasteiger charge is -2.15. The van der Waals surface area contributed by atoms with Crippen LogP contribution in [0.1, 0.15) is 40.2 Å². The lowest BCUT2D eigenvalue weighted by atomic mass is 10.2. The number of amides is 1. The summed E-state index contributed by atoms with van der Waals surface area (Å²) in [4.78, 5) is 25.9. The first-order valence-electron chi connectivity index (χ1n) is 8.64. The van der Waals surface area contributed by atoms with Crippen LogP contribution in [0.5, 0.6) is 5.75 Å². The summed E-state index contributed by atoms with van der Waals surface area (Å²) in [5.41, 5.74) is 2.00. The van der Waals surface area contributed by atoms with Crippen molar-refractivity contribution in [3.63, 3.8) is 0 Å². The molecule has 0 radical (unpaired) electrons. The zero-order valence-electron chi connectivity index (χ0n) is 15.0. The molecule has 7 nitrogen and oxygen atoms in total. The molecular formula is C19H22N2O5. The summed E-state index contributed by atoms with van der Waals surface area (Å²) in [6.07, 6.45) is 2.01. The van der Waals surface area contributed by atoms with Crippen molar-refractivity contribution >= 4 is 11.9 Å². The predicted octanol–water partition coefficient (Wildman–Crippen LogP) is 2.65. The highest BCUT2D eigenvalue weighted by Gasteiger charge is 2.19. The number of nitrogens with zero attached hydrogens (tertiary/aromatic N) is 2. The van der Waals surface area contributed by atoms with Crippen molar-refractivity contribution in [1.29, 1.82) is 0 Å². The molecule has 26 heavy (non-hydrogen) atoms. The number of rotatable bonds is 6. The zero-order chi connectivity index (χ0) is 18.5. The lowest BCUT2D eigenvalue weighted by molar-refractivity contribution is -0.133. The van der Waals surface area contributed by atoms with E-state index in [4.69, 9.17) is 14.0 Å². The largest absolute Gasteiger partial charge is 0.489 e. The third-order valence-electron chi connectivity index (χ3n) is 4.42. The molecule has 0 spiro atoms. The SMILES string of the molecule is Cc1noc(C)c1COc1cccc(C(=O)OCC(=O)N2CCCC2)c1. The minimum Gasteiger partial charge on any atom is -0.489 e. The van der Waals surface area contributed by atoms with Gasteiger partial charge in [-0.1, -0.05) is 11.2 Å². The molecule has 1 aliphatic heterocycles. The Morgan fingerprint density at radius 1 is 1.23 bits per heavy atom. The van der Waals surface area contributed by atoms with Gasteiger partial charge in [-0.05, 0) is 44.9 Å². The van der Waals surface area contributed by atoms with E-state index in [-0.39, 0.29) is 12.5 Å². The van der Waals surface area contributed by atoms with Crippen LogP contribution in [0.15, 0.2) is 28.8 Å². The van der Waals surface area contributed by atoms with Crippen molar-refractivity contribution in [1.82, 2.24) is 10.1 Å². The number of esters is 1. The van der Waals surface area contributed by atoms with Gasteiger partial charge in [0.05, 0.1) is 16.8 Å². The first-order valence-corrected chi connectivity index (χ1v) is 8.64. The molecule has 0 N–H and O–H groups in total. The molecule has 7 heteroatoms. The highest BCUT2D eigenvalue weighted by atomic mass is 16.5. The molecule has 0 atom stereocenters. The van der Waals surface area contributed by atoms with Gasteiger partial charge in [-0.15, -0.1) is 0 Å². The smallest absolute Gasteiger partial charge is 0.338 e. The molecular weight excluding hydrogens is 336 g/mol. The fraction of sp³-hybridized carbons (Fsp3) is 0.421. The summed E-state index contributed by atoms with van der Waals surface area (Å²) in [5, 5.41) is 3.88. The fourth-order valence-corrected chi connectivity index (χ4v) is 2.84. The summed E-state index contributed by atoms with van der Waals surface area (Å²) in [6, 6.07) is 6.69. The van der Waals surface area contributed by atoms with Crippen LogP contribution in [0.25, 0.3) is 0 Å². The number of carbonyl (C=O) groups excluding carboxylic acids is 2. The predicted molar refractivity (Wildman–Crippen MR) is 92.8 cm³/mol. The lowest BCUT2D eigenvalue weighted by Crippen LogP contribution is -2.32. The molecule has 0 aliphatic carbocycles. The van der Waals surface area contributed by atoms with E-state index in [0.29, 0.717) is 23.7 Å². The van der Waals surface area contributed by atoms with Gasteiger partial charge in [0, 0.05) is 13.1 Å². The molecule has 0 saturated carbocycles. The zero-order valence-corrected chi connectivity index (χ0v) is 15.0. The number of carbonyl (C=O) groups is 2. The average molecular weight is 358 g/mol. The third kappa shape index (κ3) is 4.22. The normalized spacial score (nSPS) is 13.7. The number of hydrogen-bond donors (Lipinski definition) is 0. The molecule has 1 aliphatic rings. The van der Waals surface area contributed by atoms with Gasteiger partial charge < -0.3 is 18.9 Å². The molecule has 138 valence electrons. The molecule has 1 fully saturated rings. The Balaban J connectivity index is 1.56. The van der Waals surface area contributed by atoms with Crippen molar-refractivity contribution in [3.8, 4) is 5.75 Å². The van der Waals surface area contributed by atoms with Crippen molar-refractivity contribution in [2.75, 3.05) is 19.7 Å². The van der Waals surface area contributed by atoms with Gasteiger partial charge in [0.15, 0.2) is 6.61 Å². The van der Waals surface area contributed by atoms with Crippen molar-refractivity contribution in [3.05, 3.63) is 46.8 Å². The number of hydrogen-bond acceptors (Lipinski definition) is 6. The molecule has 3 rings (SSSR count). The van der Waals surface area contributed by atoms with Crippen LogP contribution < -0.4 is 4.74 Å². The Morgan fingerprint density at radius 2 is 2.00 bits per heavy atom. The standard InChI is InChI=1S/C19H22N2O5/c1-13-17(14(2)26-20-13)11-24-16-7-5-6-15(10-16)19(23)25-12-18(22)21-8-3-4-9-21/h5-7,10H,3-4,8-9,11-12H2,1-2H3. The second-order valence-electron chi connectivity index (χ2n) is 6.28. The van der Waals surface area contributed by atoms with Gasteiger partial charge >= 0.3 is 5.97 Å². The first kappa shape index (κ1) is 18.0. The molecule has 1 amide bonds. The maximum atomic E-state index is 12.2. The Kier molecular flexibility index (Phi) is 5.55. The Morgan fingerprint density at radius 3 is 2.69 bits per heavy atom. The van der Waals surface area contributed by atoms with E-state index in [1.807, 2.05) is 13.8 Å². The first-order chi connectivity index (χ1) is 12.5. The van der Waals surface area contributed by atoms with Gasteiger partial charge in [0.25, 0.3) is 5.91 Å². The molecule has 1 saturated heterocycles. The van der Waals surface area contributed by atoms with Crippen LogP contribution in [-0.2, 0) is 16.1 Å². The summed E-state index contributed by atoms with van der Waals surface area (Å²) in [6.45, 7) is 5.21. The second-order valence-corrected chi connectivity index (χ2v) is 6.28. The quantitative estimate of drug-likeness (QED) is 0.739. The monoisotopic (exact) mass is 358 g/mol. The van der Waals surface area contributed by atoms with Gasteiger partial charge in [0.2, 0.25) is 0 Å². The van der Waals surface area contributed by atoms with Crippen LogP contribution in [0.2, 0.25) is 0 Å². The van der Waals surface area contributed by atoms with E-state index in [2.05, 4.69) is 5.16 Å². The fourth-order valence-electron chi connectivity index (χ4n) is 2.84. The van der Waals surface area contributed by atoms with Crippen LogP contribution in [-0.4, -0.2) is 41.6 Å². The molecule has 2 aromatic rings. The highest BCUT2D eigenvalue weighted by Crippen LogP contribution is 2.19. The highest BCUT2D eigenvalue weighted by molar-refractivity contribution is 5.91. The van der Waals surface area contributed by atoms with Gasteiger partial charge in [0.1, 0.15) is 18.1 Å². The summed E-state index contributed by atoms with van der Waals surface area (Å²) >= 11 is 0. The minimum absolute atomic E-state index is 0.151. The van der Waals surface area contributed by atoms with Gasteiger partial charge in [-0.2, -0.15) is 0 Å². The second kappa shape index (κ2) is 8.03. The summed E-state index contributed by atoms with van der Waals surface area (Å²) < 4.78 is 16.0. The van der Waals surface area contributed by atoms with Crippen LogP contribution in [0.4, 0.5) is 0 Å². The Bertz CT molecular complexity index is 773. The van der Waals surface area contributed by atoms with E-state index in [1.165, 1.54) is 0 Å². The van der Waals surface area contributed by atoms with Crippen molar-refractivity contribution in [2.24, 2.45) is 0 Å². The van der Waals surface area contributed by atoms with Crippen molar-refractivity contribution < 1.29 is 23.6 Å². The molecule has 1 aromatic carbocycles. The Labute approximate surface area is 151 Å². The van der Waals surface area contributed by atoms with Crippen LogP contribution >= 0.6 is 0 Å². The summed E-state index contributed by atoms with van der Waals surface area (Å²) in [7, 11) is 0. The Hall–Kier alpha value is -2.83. The van der Waals surface area contributed by atoms with E-state index in [0.717, 1.165) is 37.2 Å². The number of benzene rings is 1. The molecule has 0 bridgehead atoms. The van der Waals surface area contributed by atoms with Gasteiger partial charge in [-0.3, -0.25) is 4.79 Å². The van der Waals surface area contributed by atoms with E-state index < -0.39 is 5.97 Å². The molecule has 1 aromatic heterocycles. The number of aryl methyl sites for hydroxylation is 2. The van der Waals surface area contributed by atoms with E-state index in [9.17, 15) is 9.59 Å². The maximum absolute atomic E-state index is 12.2. The van der Waals surface area contributed by atoms with Crippen LogP contribution in [0, 0.1) is 13.8 Å².